The Balaban J connectivity index is 1.49. The van der Waals surface area contributed by atoms with E-state index in [-0.39, 0.29) is 11.4 Å². The summed E-state index contributed by atoms with van der Waals surface area (Å²) in [6, 6.07) is 29.6. The number of hydrogen-bond acceptors (Lipinski definition) is 7. The lowest BCUT2D eigenvalue weighted by atomic mass is 10.1. The molecule has 42 heavy (non-hydrogen) atoms. The summed E-state index contributed by atoms with van der Waals surface area (Å²) in [4.78, 5) is 40.3. The zero-order valence-corrected chi connectivity index (χ0v) is 23.4. The standard InChI is InChI=1S/C33H30N4O5/c1-37(2)27-17-14-23(15-18-27)20-28(35-31(38)25-10-6-4-7-11-25)32(39)36-34-22-24-16-19-29(30(21-24)41-3)42-33(40)26-12-8-5-9-13-26/h4-22H,1-3H3,(H,35,38)(H,36,39)/b28-20+,34-22+. The fraction of sp³-hybridized carbons (Fsp3) is 0.0909. The molecule has 0 aliphatic heterocycles. The average Bonchev–Trinajstić information content (AvgIpc) is 3.02. The molecule has 0 bridgehead atoms. The lowest BCUT2D eigenvalue weighted by molar-refractivity contribution is -0.117. The van der Waals surface area contributed by atoms with Gasteiger partial charge in [-0.25, -0.2) is 10.2 Å². The second-order valence-electron chi connectivity index (χ2n) is 9.23. The van der Waals surface area contributed by atoms with Gasteiger partial charge in [0.2, 0.25) is 0 Å². The number of rotatable bonds is 10. The number of carbonyl (C=O) groups excluding carboxylic acids is 3. The Kier molecular flexibility index (Phi) is 9.82. The number of hydrazone groups is 1. The molecule has 9 nitrogen and oxygen atoms in total. The summed E-state index contributed by atoms with van der Waals surface area (Å²) in [6.07, 6.45) is 2.98. The van der Waals surface area contributed by atoms with Gasteiger partial charge in [-0.2, -0.15) is 5.10 Å². The largest absolute Gasteiger partial charge is 0.493 e. The van der Waals surface area contributed by atoms with Gasteiger partial charge in [-0.3, -0.25) is 9.59 Å². The van der Waals surface area contributed by atoms with Crippen molar-refractivity contribution < 1.29 is 23.9 Å². The number of nitrogens with one attached hydrogen (secondary N) is 2. The van der Waals surface area contributed by atoms with E-state index in [4.69, 9.17) is 9.47 Å². The third-order valence-electron chi connectivity index (χ3n) is 6.03. The van der Waals surface area contributed by atoms with Crippen molar-refractivity contribution in [3.8, 4) is 11.5 Å². The summed E-state index contributed by atoms with van der Waals surface area (Å²) in [5.41, 5.74) is 5.57. The molecule has 0 radical (unpaired) electrons. The van der Waals surface area contributed by atoms with Crippen LogP contribution in [0.4, 0.5) is 5.69 Å². The van der Waals surface area contributed by atoms with Crippen molar-refractivity contribution in [2.24, 2.45) is 5.10 Å². The van der Waals surface area contributed by atoms with E-state index >= 15 is 0 Å². The van der Waals surface area contributed by atoms with Gasteiger partial charge in [0.05, 0.1) is 18.9 Å². The Morgan fingerprint density at radius 2 is 1.38 bits per heavy atom. The van der Waals surface area contributed by atoms with Crippen molar-refractivity contribution in [1.29, 1.82) is 0 Å². The predicted octanol–water partition coefficient (Wildman–Crippen LogP) is 4.90. The fourth-order valence-corrected chi connectivity index (χ4v) is 3.79. The van der Waals surface area contributed by atoms with Crippen LogP contribution in [0.25, 0.3) is 6.08 Å². The molecular formula is C33H30N4O5. The molecular weight excluding hydrogens is 532 g/mol. The molecule has 0 unspecified atom stereocenters. The third-order valence-corrected chi connectivity index (χ3v) is 6.03. The molecule has 0 saturated heterocycles. The summed E-state index contributed by atoms with van der Waals surface area (Å²) < 4.78 is 10.9. The van der Waals surface area contributed by atoms with E-state index in [2.05, 4.69) is 15.8 Å². The van der Waals surface area contributed by atoms with Crippen LogP contribution in [0.15, 0.2) is 114 Å². The van der Waals surface area contributed by atoms with Gasteiger partial charge in [0.1, 0.15) is 5.70 Å². The molecule has 0 atom stereocenters. The number of nitrogens with zero attached hydrogens (tertiary/aromatic N) is 2. The Morgan fingerprint density at radius 1 is 0.762 bits per heavy atom. The molecule has 4 rings (SSSR count). The third kappa shape index (κ3) is 7.92. The Bertz CT molecular complexity index is 1600. The highest BCUT2D eigenvalue weighted by atomic mass is 16.6. The lowest BCUT2D eigenvalue weighted by Gasteiger charge is -2.13. The summed E-state index contributed by atoms with van der Waals surface area (Å²) in [5, 5.41) is 6.73. The fourth-order valence-electron chi connectivity index (χ4n) is 3.79. The minimum Gasteiger partial charge on any atom is -0.493 e. The maximum absolute atomic E-state index is 13.1. The maximum Gasteiger partial charge on any atom is 0.343 e. The number of methoxy groups -OCH3 is 1. The van der Waals surface area contributed by atoms with E-state index in [0.29, 0.717) is 28.0 Å². The molecule has 0 aliphatic rings. The number of ether oxygens (including phenoxy) is 2. The zero-order chi connectivity index (χ0) is 29.9. The van der Waals surface area contributed by atoms with E-state index in [1.54, 1.807) is 78.9 Å². The van der Waals surface area contributed by atoms with Gasteiger partial charge in [-0.15, -0.1) is 0 Å². The van der Waals surface area contributed by atoms with E-state index < -0.39 is 17.8 Å². The van der Waals surface area contributed by atoms with Crippen molar-refractivity contribution in [2.75, 3.05) is 26.1 Å². The van der Waals surface area contributed by atoms with Crippen molar-refractivity contribution in [3.05, 3.63) is 131 Å². The van der Waals surface area contributed by atoms with Crippen molar-refractivity contribution in [2.45, 2.75) is 0 Å². The highest BCUT2D eigenvalue weighted by Gasteiger charge is 2.15. The Morgan fingerprint density at radius 3 is 2.00 bits per heavy atom. The Labute approximate surface area is 244 Å². The second kappa shape index (κ2) is 14.1. The highest BCUT2D eigenvalue weighted by molar-refractivity contribution is 6.05. The van der Waals surface area contributed by atoms with E-state index in [0.717, 1.165) is 5.69 Å². The molecule has 0 aliphatic carbocycles. The van der Waals surface area contributed by atoms with Crippen LogP contribution in [0.3, 0.4) is 0 Å². The van der Waals surface area contributed by atoms with Crippen LogP contribution in [0.5, 0.6) is 11.5 Å². The van der Waals surface area contributed by atoms with Crippen LogP contribution in [-0.2, 0) is 4.79 Å². The van der Waals surface area contributed by atoms with Crippen molar-refractivity contribution >= 4 is 35.8 Å². The van der Waals surface area contributed by atoms with Crippen molar-refractivity contribution in [3.63, 3.8) is 0 Å². The van der Waals surface area contributed by atoms with Crippen LogP contribution >= 0.6 is 0 Å². The van der Waals surface area contributed by atoms with Gasteiger partial charge >= 0.3 is 5.97 Å². The Hall–Kier alpha value is -5.70. The molecule has 0 heterocycles. The molecule has 9 heteroatoms. The molecule has 4 aromatic carbocycles. The molecule has 0 fully saturated rings. The topological polar surface area (TPSA) is 109 Å². The number of carbonyl (C=O) groups is 3. The van der Waals surface area contributed by atoms with Crippen LogP contribution in [-0.4, -0.2) is 45.2 Å². The average molecular weight is 563 g/mol. The quantitative estimate of drug-likeness (QED) is 0.0936. The second-order valence-corrected chi connectivity index (χ2v) is 9.23. The number of benzene rings is 4. The first kappa shape index (κ1) is 29.3. The molecule has 2 N–H and O–H groups in total. The summed E-state index contributed by atoms with van der Waals surface area (Å²) >= 11 is 0. The highest BCUT2D eigenvalue weighted by Crippen LogP contribution is 2.28. The van der Waals surface area contributed by atoms with E-state index in [1.807, 2.05) is 49.3 Å². The summed E-state index contributed by atoms with van der Waals surface area (Å²) in [6.45, 7) is 0. The van der Waals surface area contributed by atoms with Gasteiger partial charge in [0.25, 0.3) is 11.8 Å². The van der Waals surface area contributed by atoms with Gasteiger partial charge in [-0.05, 0) is 71.8 Å². The molecule has 2 amide bonds. The summed E-state index contributed by atoms with van der Waals surface area (Å²) in [5.74, 6) is -1.02. The van der Waals surface area contributed by atoms with Gasteiger partial charge in [-0.1, -0.05) is 48.5 Å². The number of amides is 2. The molecule has 4 aromatic rings. The minimum atomic E-state index is -0.618. The monoisotopic (exact) mass is 562 g/mol. The number of anilines is 1. The van der Waals surface area contributed by atoms with Gasteiger partial charge in [0.15, 0.2) is 11.5 Å². The van der Waals surface area contributed by atoms with E-state index in [9.17, 15) is 14.4 Å². The van der Waals surface area contributed by atoms with Gasteiger partial charge < -0.3 is 19.7 Å². The number of hydrogen-bond donors (Lipinski definition) is 2. The van der Waals surface area contributed by atoms with Crippen LogP contribution in [0, 0.1) is 0 Å². The normalized spacial score (nSPS) is 11.1. The first-order valence-electron chi connectivity index (χ1n) is 13.0. The minimum absolute atomic E-state index is 0.0133. The molecule has 0 saturated carbocycles. The van der Waals surface area contributed by atoms with Crippen molar-refractivity contribution in [1.82, 2.24) is 10.7 Å². The first-order valence-corrected chi connectivity index (χ1v) is 13.0. The van der Waals surface area contributed by atoms with Crippen LogP contribution < -0.4 is 25.1 Å². The maximum atomic E-state index is 13.1. The first-order chi connectivity index (χ1) is 20.3. The molecule has 0 spiro atoms. The smallest absolute Gasteiger partial charge is 0.343 e. The number of esters is 1. The van der Waals surface area contributed by atoms with Crippen LogP contribution in [0.2, 0.25) is 0 Å². The zero-order valence-electron chi connectivity index (χ0n) is 23.4. The van der Waals surface area contributed by atoms with Crippen LogP contribution in [0.1, 0.15) is 31.8 Å². The van der Waals surface area contributed by atoms with Gasteiger partial charge in [0, 0.05) is 25.3 Å². The molecule has 212 valence electrons. The summed E-state index contributed by atoms with van der Waals surface area (Å²) in [7, 11) is 5.32. The SMILES string of the molecule is COc1cc(/C=N/NC(=O)/C(=C\c2ccc(N(C)C)cc2)NC(=O)c2ccccc2)ccc1OC(=O)c1ccccc1. The van der Waals surface area contributed by atoms with E-state index in [1.165, 1.54) is 13.3 Å². The lowest BCUT2D eigenvalue weighted by Crippen LogP contribution is -2.32. The predicted molar refractivity (Wildman–Crippen MR) is 163 cm³/mol. The molecule has 0 aromatic heterocycles.